The van der Waals surface area contributed by atoms with Gasteiger partial charge in [-0.15, -0.1) is 0 Å². The monoisotopic (exact) mass is 229 g/mol. The van der Waals surface area contributed by atoms with E-state index in [0.29, 0.717) is 0 Å². The van der Waals surface area contributed by atoms with Crippen LogP contribution in [0.15, 0.2) is 0 Å². The SMILES string of the molecule is CO[C@H]1CCCC[C@H]1NC(=O)OC(C)(C)C. The van der Waals surface area contributed by atoms with Gasteiger partial charge in [-0.25, -0.2) is 4.79 Å². The molecule has 0 aliphatic heterocycles. The van der Waals surface area contributed by atoms with Gasteiger partial charge in [0.1, 0.15) is 5.60 Å². The van der Waals surface area contributed by atoms with E-state index in [-0.39, 0.29) is 18.2 Å². The average molecular weight is 229 g/mol. The Morgan fingerprint density at radius 3 is 2.44 bits per heavy atom. The summed E-state index contributed by atoms with van der Waals surface area (Å²) < 4.78 is 10.6. The van der Waals surface area contributed by atoms with Crippen LogP contribution >= 0.6 is 0 Å². The third-order valence-electron chi connectivity index (χ3n) is 2.71. The molecule has 1 aliphatic rings. The number of methoxy groups -OCH3 is 1. The van der Waals surface area contributed by atoms with Crippen molar-refractivity contribution in [2.75, 3.05) is 7.11 Å². The molecule has 4 heteroatoms. The maximum absolute atomic E-state index is 11.6. The summed E-state index contributed by atoms with van der Waals surface area (Å²) in [5.74, 6) is 0. The highest BCUT2D eigenvalue weighted by molar-refractivity contribution is 5.68. The molecule has 16 heavy (non-hydrogen) atoms. The molecule has 0 radical (unpaired) electrons. The lowest BCUT2D eigenvalue weighted by atomic mass is 9.92. The molecule has 1 amide bonds. The third-order valence-corrected chi connectivity index (χ3v) is 2.71. The van der Waals surface area contributed by atoms with E-state index < -0.39 is 5.60 Å². The Morgan fingerprint density at radius 2 is 1.88 bits per heavy atom. The second kappa shape index (κ2) is 5.53. The van der Waals surface area contributed by atoms with Crippen molar-refractivity contribution in [3.05, 3.63) is 0 Å². The van der Waals surface area contributed by atoms with Crippen LogP contribution in [-0.2, 0) is 9.47 Å². The summed E-state index contributed by atoms with van der Waals surface area (Å²) in [6.45, 7) is 5.59. The number of ether oxygens (including phenoxy) is 2. The molecule has 94 valence electrons. The zero-order valence-corrected chi connectivity index (χ0v) is 10.7. The Bertz CT molecular complexity index is 235. The molecule has 1 aliphatic carbocycles. The summed E-state index contributed by atoms with van der Waals surface area (Å²) >= 11 is 0. The van der Waals surface area contributed by atoms with Gasteiger partial charge in [-0.2, -0.15) is 0 Å². The van der Waals surface area contributed by atoms with Crippen molar-refractivity contribution in [3.63, 3.8) is 0 Å². The van der Waals surface area contributed by atoms with Gasteiger partial charge < -0.3 is 14.8 Å². The highest BCUT2D eigenvalue weighted by Gasteiger charge is 2.28. The number of nitrogens with one attached hydrogen (secondary N) is 1. The van der Waals surface area contributed by atoms with Crippen molar-refractivity contribution >= 4 is 6.09 Å². The van der Waals surface area contributed by atoms with Crippen LogP contribution in [0.5, 0.6) is 0 Å². The molecule has 0 aromatic heterocycles. The maximum Gasteiger partial charge on any atom is 0.407 e. The summed E-state index contributed by atoms with van der Waals surface area (Å²) in [5, 5.41) is 2.89. The minimum Gasteiger partial charge on any atom is -0.444 e. The number of rotatable bonds is 2. The molecule has 2 atom stereocenters. The predicted molar refractivity (Wildman–Crippen MR) is 62.4 cm³/mol. The molecule has 1 N–H and O–H groups in total. The van der Waals surface area contributed by atoms with Gasteiger partial charge in [-0.05, 0) is 33.6 Å². The molecular weight excluding hydrogens is 206 g/mol. The molecule has 0 bridgehead atoms. The molecule has 1 saturated carbocycles. The van der Waals surface area contributed by atoms with Gasteiger partial charge in [0, 0.05) is 7.11 Å². The van der Waals surface area contributed by atoms with E-state index in [1.54, 1.807) is 7.11 Å². The fourth-order valence-electron chi connectivity index (χ4n) is 2.00. The standard InChI is InChI=1S/C12H23NO3/c1-12(2,3)16-11(14)13-9-7-5-6-8-10(9)15-4/h9-10H,5-8H2,1-4H3,(H,13,14)/t9-,10+/m1/s1. The Morgan fingerprint density at radius 1 is 1.25 bits per heavy atom. The van der Waals surface area contributed by atoms with Crippen molar-refractivity contribution in [2.45, 2.75) is 64.2 Å². The van der Waals surface area contributed by atoms with Crippen molar-refractivity contribution in [2.24, 2.45) is 0 Å². The van der Waals surface area contributed by atoms with Gasteiger partial charge in [0.15, 0.2) is 0 Å². The second-order valence-corrected chi connectivity index (χ2v) is 5.31. The van der Waals surface area contributed by atoms with Crippen molar-refractivity contribution < 1.29 is 14.3 Å². The number of alkyl carbamates (subject to hydrolysis) is 1. The Labute approximate surface area is 97.7 Å². The lowest BCUT2D eigenvalue weighted by Gasteiger charge is -2.31. The van der Waals surface area contributed by atoms with E-state index in [4.69, 9.17) is 9.47 Å². The lowest BCUT2D eigenvalue weighted by Crippen LogP contribution is -2.47. The molecule has 0 saturated heterocycles. The minimum atomic E-state index is -0.443. The number of carbonyl (C=O) groups is 1. The summed E-state index contributed by atoms with van der Waals surface area (Å²) in [6, 6.07) is 0.0913. The quantitative estimate of drug-likeness (QED) is 0.791. The highest BCUT2D eigenvalue weighted by atomic mass is 16.6. The molecular formula is C12H23NO3. The van der Waals surface area contributed by atoms with E-state index in [1.165, 1.54) is 6.42 Å². The number of amides is 1. The van der Waals surface area contributed by atoms with Crippen molar-refractivity contribution in [1.82, 2.24) is 5.32 Å². The first-order valence-corrected chi connectivity index (χ1v) is 5.94. The van der Waals surface area contributed by atoms with Gasteiger partial charge in [-0.3, -0.25) is 0 Å². The molecule has 0 spiro atoms. The van der Waals surface area contributed by atoms with Crippen LogP contribution in [-0.4, -0.2) is 30.9 Å². The van der Waals surface area contributed by atoms with Crippen molar-refractivity contribution in [1.29, 1.82) is 0 Å². The Balaban J connectivity index is 2.42. The van der Waals surface area contributed by atoms with Crippen LogP contribution < -0.4 is 5.32 Å². The topological polar surface area (TPSA) is 47.6 Å². The van der Waals surface area contributed by atoms with E-state index in [0.717, 1.165) is 19.3 Å². The normalized spacial score (nSPS) is 26.2. The number of hydrogen-bond acceptors (Lipinski definition) is 3. The second-order valence-electron chi connectivity index (χ2n) is 5.31. The average Bonchev–Trinajstić information content (AvgIpc) is 2.15. The fraction of sp³-hybridized carbons (Fsp3) is 0.917. The van der Waals surface area contributed by atoms with Gasteiger partial charge >= 0.3 is 6.09 Å². The van der Waals surface area contributed by atoms with Crippen LogP contribution in [0, 0.1) is 0 Å². The third kappa shape index (κ3) is 4.39. The summed E-state index contributed by atoms with van der Waals surface area (Å²) in [7, 11) is 1.69. The Kier molecular flexibility index (Phi) is 4.59. The van der Waals surface area contributed by atoms with Crippen LogP contribution in [0.3, 0.4) is 0 Å². The number of carbonyl (C=O) groups excluding carboxylic acids is 1. The van der Waals surface area contributed by atoms with E-state index >= 15 is 0 Å². The van der Waals surface area contributed by atoms with Gasteiger partial charge in [-0.1, -0.05) is 12.8 Å². The van der Waals surface area contributed by atoms with Crippen LogP contribution in [0.25, 0.3) is 0 Å². The first-order valence-electron chi connectivity index (χ1n) is 5.94. The lowest BCUT2D eigenvalue weighted by molar-refractivity contribution is 0.0213. The molecule has 1 fully saturated rings. The molecule has 1 rings (SSSR count). The smallest absolute Gasteiger partial charge is 0.407 e. The fourth-order valence-corrected chi connectivity index (χ4v) is 2.00. The van der Waals surface area contributed by atoms with Crippen LogP contribution in [0.1, 0.15) is 46.5 Å². The van der Waals surface area contributed by atoms with Crippen molar-refractivity contribution in [3.8, 4) is 0 Å². The summed E-state index contributed by atoms with van der Waals surface area (Å²) in [6.07, 6.45) is 4.07. The van der Waals surface area contributed by atoms with Gasteiger partial charge in [0.05, 0.1) is 12.1 Å². The first-order chi connectivity index (χ1) is 7.42. The number of hydrogen-bond donors (Lipinski definition) is 1. The minimum absolute atomic E-state index is 0.0913. The maximum atomic E-state index is 11.6. The summed E-state index contributed by atoms with van der Waals surface area (Å²) in [4.78, 5) is 11.6. The van der Waals surface area contributed by atoms with Crippen LogP contribution in [0.4, 0.5) is 4.79 Å². The van der Waals surface area contributed by atoms with Crippen LogP contribution in [0.2, 0.25) is 0 Å². The van der Waals surface area contributed by atoms with Gasteiger partial charge in [0.25, 0.3) is 0 Å². The molecule has 0 unspecified atom stereocenters. The predicted octanol–water partition coefficient (Wildman–Crippen LogP) is 2.47. The summed E-state index contributed by atoms with van der Waals surface area (Å²) in [5.41, 5.74) is -0.443. The van der Waals surface area contributed by atoms with E-state index in [9.17, 15) is 4.79 Å². The highest BCUT2D eigenvalue weighted by Crippen LogP contribution is 2.21. The molecule has 0 aromatic carbocycles. The largest absolute Gasteiger partial charge is 0.444 e. The van der Waals surface area contributed by atoms with E-state index in [2.05, 4.69) is 5.32 Å². The molecule has 0 aromatic rings. The Hall–Kier alpha value is -0.770. The zero-order valence-electron chi connectivity index (χ0n) is 10.7. The molecule has 4 nitrogen and oxygen atoms in total. The van der Waals surface area contributed by atoms with E-state index in [1.807, 2.05) is 20.8 Å². The molecule has 0 heterocycles. The van der Waals surface area contributed by atoms with Gasteiger partial charge in [0.2, 0.25) is 0 Å². The first kappa shape index (κ1) is 13.3. The zero-order chi connectivity index (χ0) is 12.2.